The Bertz CT molecular complexity index is 813. The van der Waals surface area contributed by atoms with Crippen LogP contribution < -0.4 is 10.0 Å². The topological polar surface area (TPSA) is 129 Å². The van der Waals surface area contributed by atoms with Crippen molar-refractivity contribution in [2.75, 3.05) is 23.7 Å². The maximum absolute atomic E-state index is 12.0. The van der Waals surface area contributed by atoms with Crippen molar-refractivity contribution in [2.24, 2.45) is 10.9 Å². The highest BCUT2D eigenvalue weighted by Gasteiger charge is 2.19. The summed E-state index contributed by atoms with van der Waals surface area (Å²) in [5.74, 6) is -0.0839. The highest BCUT2D eigenvalue weighted by atomic mass is 32.2. The van der Waals surface area contributed by atoms with Crippen LogP contribution >= 0.6 is 0 Å². The molecule has 0 aliphatic heterocycles. The number of aliphatic hydroxyl groups excluding tert-OH is 1. The average Bonchev–Trinajstić information content (AvgIpc) is 2.92. The Labute approximate surface area is 133 Å². The molecule has 4 N–H and O–H groups in total. The van der Waals surface area contributed by atoms with Crippen LogP contribution in [0.5, 0.6) is 0 Å². The Balaban J connectivity index is 2.41. The normalized spacial score (nSPS) is 12.7. The fourth-order valence-corrected chi connectivity index (χ4v) is 3.24. The SMILES string of the molecule is CS(=O)(=O)N(CCCCO)c1ccc2c(C(N)=NO)coc2c1. The number of hydrogen-bond acceptors (Lipinski definition) is 6. The van der Waals surface area contributed by atoms with Gasteiger partial charge >= 0.3 is 0 Å². The summed E-state index contributed by atoms with van der Waals surface area (Å²) in [6, 6.07) is 4.88. The largest absolute Gasteiger partial charge is 0.463 e. The van der Waals surface area contributed by atoms with E-state index < -0.39 is 10.0 Å². The summed E-state index contributed by atoms with van der Waals surface area (Å²) < 4.78 is 30.6. The number of anilines is 1. The van der Waals surface area contributed by atoms with Gasteiger partial charge in [0.1, 0.15) is 11.8 Å². The first-order valence-corrected chi connectivity index (χ1v) is 8.81. The van der Waals surface area contributed by atoms with Crippen molar-refractivity contribution in [3.8, 4) is 0 Å². The van der Waals surface area contributed by atoms with Crippen LogP contribution in [0.4, 0.5) is 5.69 Å². The Morgan fingerprint density at radius 3 is 2.74 bits per heavy atom. The number of unbranched alkanes of at least 4 members (excludes halogenated alkanes) is 1. The molecular formula is C14H19N3O5S. The Hall–Kier alpha value is -2.26. The first-order valence-electron chi connectivity index (χ1n) is 6.96. The second-order valence-corrected chi connectivity index (χ2v) is 6.99. The second-order valence-electron chi connectivity index (χ2n) is 5.08. The number of fused-ring (bicyclic) bond motifs is 1. The maximum Gasteiger partial charge on any atom is 0.232 e. The maximum atomic E-state index is 12.0. The lowest BCUT2D eigenvalue weighted by molar-refractivity contribution is 0.285. The van der Waals surface area contributed by atoms with Crippen molar-refractivity contribution >= 4 is 32.5 Å². The number of nitrogens with two attached hydrogens (primary N) is 1. The second kappa shape index (κ2) is 6.88. The lowest BCUT2D eigenvalue weighted by Crippen LogP contribution is -2.30. The van der Waals surface area contributed by atoms with E-state index in [1.165, 1.54) is 10.6 Å². The van der Waals surface area contributed by atoms with Crippen LogP contribution in [0.25, 0.3) is 11.0 Å². The number of aliphatic hydroxyl groups is 1. The van der Waals surface area contributed by atoms with E-state index in [2.05, 4.69) is 5.16 Å². The first-order chi connectivity index (χ1) is 10.9. The van der Waals surface area contributed by atoms with E-state index in [1.54, 1.807) is 18.2 Å². The van der Waals surface area contributed by atoms with Gasteiger partial charge in [0.2, 0.25) is 10.0 Å². The third-order valence-corrected chi connectivity index (χ3v) is 4.59. The van der Waals surface area contributed by atoms with Crippen molar-refractivity contribution in [3.05, 3.63) is 30.0 Å². The molecule has 23 heavy (non-hydrogen) atoms. The van der Waals surface area contributed by atoms with Crippen LogP contribution in [-0.4, -0.2) is 44.0 Å². The van der Waals surface area contributed by atoms with Gasteiger partial charge in [0, 0.05) is 24.6 Å². The summed E-state index contributed by atoms with van der Waals surface area (Å²) >= 11 is 0. The van der Waals surface area contributed by atoms with Gasteiger partial charge in [0.25, 0.3) is 0 Å². The average molecular weight is 341 g/mol. The molecule has 0 atom stereocenters. The molecule has 1 heterocycles. The Morgan fingerprint density at radius 1 is 1.39 bits per heavy atom. The van der Waals surface area contributed by atoms with E-state index in [4.69, 9.17) is 20.5 Å². The van der Waals surface area contributed by atoms with Crippen LogP contribution in [0, 0.1) is 0 Å². The molecule has 0 radical (unpaired) electrons. The van der Waals surface area contributed by atoms with Gasteiger partial charge < -0.3 is 20.5 Å². The van der Waals surface area contributed by atoms with Crippen molar-refractivity contribution in [1.82, 2.24) is 0 Å². The van der Waals surface area contributed by atoms with E-state index in [-0.39, 0.29) is 19.0 Å². The zero-order valence-electron chi connectivity index (χ0n) is 12.6. The van der Waals surface area contributed by atoms with Gasteiger partial charge in [-0.1, -0.05) is 5.16 Å². The zero-order valence-corrected chi connectivity index (χ0v) is 13.5. The van der Waals surface area contributed by atoms with Gasteiger partial charge in [-0.3, -0.25) is 4.31 Å². The van der Waals surface area contributed by atoms with Crippen LogP contribution in [0.2, 0.25) is 0 Å². The molecule has 0 aliphatic rings. The molecule has 0 spiro atoms. The predicted octanol–water partition coefficient (Wildman–Crippen LogP) is 1.07. The number of oxime groups is 1. The van der Waals surface area contributed by atoms with Gasteiger partial charge in [-0.2, -0.15) is 0 Å². The lowest BCUT2D eigenvalue weighted by atomic mass is 10.1. The molecule has 0 saturated heterocycles. The van der Waals surface area contributed by atoms with Gasteiger partial charge in [-0.05, 0) is 25.0 Å². The van der Waals surface area contributed by atoms with E-state index in [0.29, 0.717) is 35.1 Å². The summed E-state index contributed by atoms with van der Waals surface area (Å²) in [4.78, 5) is 0. The molecule has 0 unspecified atom stereocenters. The van der Waals surface area contributed by atoms with Crippen LogP contribution in [-0.2, 0) is 10.0 Å². The molecule has 1 aromatic carbocycles. The van der Waals surface area contributed by atoms with E-state index >= 15 is 0 Å². The molecule has 0 saturated carbocycles. The Kier molecular flexibility index (Phi) is 5.12. The molecule has 9 heteroatoms. The molecule has 0 bridgehead atoms. The fourth-order valence-electron chi connectivity index (χ4n) is 2.28. The quantitative estimate of drug-likeness (QED) is 0.227. The third-order valence-electron chi connectivity index (χ3n) is 3.40. The summed E-state index contributed by atoms with van der Waals surface area (Å²) in [5.41, 5.74) is 6.88. The minimum atomic E-state index is -3.46. The molecule has 1 aromatic heterocycles. The van der Waals surface area contributed by atoms with E-state index in [0.717, 1.165) is 6.26 Å². The molecule has 0 aliphatic carbocycles. The molecule has 2 aromatic rings. The van der Waals surface area contributed by atoms with Crippen molar-refractivity contribution < 1.29 is 23.1 Å². The fraction of sp³-hybridized carbons (Fsp3) is 0.357. The highest BCUT2D eigenvalue weighted by molar-refractivity contribution is 7.92. The van der Waals surface area contributed by atoms with Crippen molar-refractivity contribution in [3.63, 3.8) is 0 Å². The van der Waals surface area contributed by atoms with Gasteiger partial charge in [0.05, 0.1) is 17.5 Å². The lowest BCUT2D eigenvalue weighted by Gasteiger charge is -2.22. The van der Waals surface area contributed by atoms with Gasteiger partial charge in [-0.15, -0.1) is 0 Å². The highest BCUT2D eigenvalue weighted by Crippen LogP contribution is 2.27. The van der Waals surface area contributed by atoms with E-state index in [1.807, 2.05) is 0 Å². The van der Waals surface area contributed by atoms with E-state index in [9.17, 15) is 8.42 Å². The predicted molar refractivity (Wildman–Crippen MR) is 87.2 cm³/mol. The monoisotopic (exact) mass is 341 g/mol. The van der Waals surface area contributed by atoms with Crippen molar-refractivity contribution in [1.29, 1.82) is 0 Å². The smallest absolute Gasteiger partial charge is 0.232 e. The summed E-state index contributed by atoms with van der Waals surface area (Å²) in [6.45, 7) is 0.274. The number of rotatable bonds is 7. The summed E-state index contributed by atoms with van der Waals surface area (Å²) in [5, 5.41) is 21.1. The molecule has 0 amide bonds. The molecule has 0 fully saturated rings. The summed E-state index contributed by atoms with van der Waals surface area (Å²) in [7, 11) is -3.46. The minimum absolute atomic E-state index is 0.0119. The molecular weight excluding hydrogens is 322 g/mol. The number of nitrogens with zero attached hydrogens (tertiary/aromatic N) is 2. The third kappa shape index (κ3) is 3.74. The van der Waals surface area contributed by atoms with Gasteiger partial charge in [-0.25, -0.2) is 8.42 Å². The van der Waals surface area contributed by atoms with Crippen molar-refractivity contribution in [2.45, 2.75) is 12.8 Å². The van der Waals surface area contributed by atoms with Crippen LogP contribution in [0.3, 0.4) is 0 Å². The zero-order chi connectivity index (χ0) is 17.0. The minimum Gasteiger partial charge on any atom is -0.463 e. The molecule has 2 rings (SSSR count). The molecule has 126 valence electrons. The first kappa shape index (κ1) is 17.1. The standard InChI is InChI=1S/C14H19N3O5S/c1-23(20,21)17(6-2-3-7-18)10-4-5-11-12(14(15)16-19)9-22-13(11)8-10/h4-5,8-9,18-19H,2-3,6-7H2,1H3,(H2,15,16). The number of furan rings is 1. The van der Waals surface area contributed by atoms with Crippen LogP contribution in [0.1, 0.15) is 18.4 Å². The van der Waals surface area contributed by atoms with Gasteiger partial charge in [0.15, 0.2) is 5.84 Å². The summed E-state index contributed by atoms with van der Waals surface area (Å²) in [6.07, 6.45) is 3.53. The molecule has 8 nitrogen and oxygen atoms in total. The van der Waals surface area contributed by atoms with Crippen LogP contribution in [0.15, 0.2) is 34.0 Å². The Morgan fingerprint density at radius 2 is 2.13 bits per heavy atom. The number of benzene rings is 1. The number of hydrogen-bond donors (Lipinski definition) is 3. The number of amidine groups is 1. The number of sulfonamides is 1.